The predicted octanol–water partition coefficient (Wildman–Crippen LogP) is 4.93. The molecule has 7 heteroatoms. The number of aromatic amines is 2. The number of pyridine rings is 4. The van der Waals surface area contributed by atoms with Crippen molar-refractivity contribution in [2.75, 3.05) is 0 Å². The SMILES string of the molecule is Cc1ccncc1-c1cnc2n[nH]c(-c3cc4c(-c5cccnc5)cncc4[nH]3)c2c1. The normalized spacial score (nSPS) is 11.4. The summed E-state index contributed by atoms with van der Waals surface area (Å²) in [6, 6.07) is 10.2. The van der Waals surface area contributed by atoms with E-state index in [2.05, 4.69) is 54.2 Å². The van der Waals surface area contributed by atoms with Crippen LogP contribution in [0.25, 0.3) is 55.6 Å². The topological polar surface area (TPSA) is 96.0 Å². The number of hydrogen-bond acceptors (Lipinski definition) is 5. The highest BCUT2D eigenvalue weighted by Crippen LogP contribution is 2.34. The number of aromatic nitrogens is 7. The minimum atomic E-state index is 0.671. The summed E-state index contributed by atoms with van der Waals surface area (Å²) in [7, 11) is 0. The molecular formula is C24H17N7. The molecule has 0 unspecified atom stereocenters. The van der Waals surface area contributed by atoms with Gasteiger partial charge in [-0.05, 0) is 36.8 Å². The minimum absolute atomic E-state index is 0.671. The quantitative estimate of drug-likeness (QED) is 0.437. The van der Waals surface area contributed by atoms with Crippen molar-refractivity contribution >= 4 is 21.9 Å². The fourth-order valence-electron chi connectivity index (χ4n) is 3.96. The molecule has 6 aromatic rings. The molecule has 0 spiro atoms. The van der Waals surface area contributed by atoms with Crippen molar-refractivity contribution in [3.63, 3.8) is 0 Å². The number of fused-ring (bicyclic) bond motifs is 2. The first-order chi connectivity index (χ1) is 15.3. The van der Waals surface area contributed by atoms with E-state index in [1.54, 1.807) is 12.4 Å². The Kier molecular flexibility index (Phi) is 3.86. The van der Waals surface area contributed by atoms with Crippen molar-refractivity contribution in [1.29, 1.82) is 0 Å². The van der Waals surface area contributed by atoms with Gasteiger partial charge in [-0.2, -0.15) is 5.10 Å². The van der Waals surface area contributed by atoms with Gasteiger partial charge < -0.3 is 4.98 Å². The molecule has 2 N–H and O–H groups in total. The average Bonchev–Trinajstić information content (AvgIpc) is 3.43. The largest absolute Gasteiger partial charge is 0.352 e. The molecule has 0 aliphatic carbocycles. The number of H-pyrrole nitrogens is 2. The maximum Gasteiger partial charge on any atom is 0.181 e. The van der Waals surface area contributed by atoms with Crippen molar-refractivity contribution in [3.05, 3.63) is 79.3 Å². The van der Waals surface area contributed by atoms with Crippen LogP contribution >= 0.6 is 0 Å². The summed E-state index contributed by atoms with van der Waals surface area (Å²) in [6.45, 7) is 2.07. The lowest BCUT2D eigenvalue weighted by Gasteiger charge is -2.04. The molecular weight excluding hydrogens is 386 g/mol. The van der Waals surface area contributed by atoms with Gasteiger partial charge in [-0.15, -0.1) is 0 Å². The molecule has 0 aromatic carbocycles. The predicted molar refractivity (Wildman–Crippen MR) is 120 cm³/mol. The second-order valence-corrected chi connectivity index (χ2v) is 7.46. The molecule has 6 aromatic heterocycles. The Morgan fingerprint density at radius 2 is 1.68 bits per heavy atom. The third-order valence-electron chi connectivity index (χ3n) is 5.55. The summed E-state index contributed by atoms with van der Waals surface area (Å²) in [4.78, 5) is 21.0. The van der Waals surface area contributed by atoms with Gasteiger partial charge in [0.1, 0.15) is 0 Å². The number of nitrogens with zero attached hydrogens (tertiary/aromatic N) is 5. The van der Waals surface area contributed by atoms with E-state index in [4.69, 9.17) is 0 Å². The monoisotopic (exact) mass is 403 g/mol. The van der Waals surface area contributed by atoms with Crippen molar-refractivity contribution in [1.82, 2.24) is 35.1 Å². The van der Waals surface area contributed by atoms with E-state index in [1.807, 2.05) is 49.2 Å². The van der Waals surface area contributed by atoms with Gasteiger partial charge in [0, 0.05) is 70.2 Å². The lowest BCUT2D eigenvalue weighted by Crippen LogP contribution is -1.87. The Labute approximate surface area is 177 Å². The summed E-state index contributed by atoms with van der Waals surface area (Å²) < 4.78 is 0. The first-order valence-corrected chi connectivity index (χ1v) is 9.90. The third kappa shape index (κ3) is 2.86. The van der Waals surface area contributed by atoms with E-state index in [1.165, 1.54) is 0 Å². The van der Waals surface area contributed by atoms with Gasteiger partial charge in [0.05, 0.1) is 23.1 Å². The van der Waals surface area contributed by atoms with Crippen molar-refractivity contribution in [3.8, 4) is 33.6 Å². The van der Waals surface area contributed by atoms with E-state index >= 15 is 0 Å². The molecule has 0 aliphatic rings. The molecule has 0 aliphatic heterocycles. The van der Waals surface area contributed by atoms with Crippen LogP contribution in [-0.2, 0) is 0 Å². The van der Waals surface area contributed by atoms with Crippen LogP contribution in [0.2, 0.25) is 0 Å². The zero-order valence-electron chi connectivity index (χ0n) is 16.7. The van der Waals surface area contributed by atoms with Crippen LogP contribution in [0.5, 0.6) is 0 Å². The fraction of sp³-hybridized carbons (Fsp3) is 0.0417. The molecule has 0 amide bonds. The van der Waals surface area contributed by atoms with Gasteiger partial charge in [0.25, 0.3) is 0 Å². The summed E-state index contributed by atoms with van der Waals surface area (Å²) in [5, 5.41) is 9.58. The van der Waals surface area contributed by atoms with Gasteiger partial charge in [0.2, 0.25) is 0 Å². The van der Waals surface area contributed by atoms with Gasteiger partial charge in [0.15, 0.2) is 5.65 Å². The van der Waals surface area contributed by atoms with Gasteiger partial charge in [-0.3, -0.25) is 20.1 Å². The van der Waals surface area contributed by atoms with Crippen LogP contribution in [0.4, 0.5) is 0 Å². The third-order valence-corrected chi connectivity index (χ3v) is 5.55. The molecule has 0 saturated carbocycles. The molecule has 148 valence electrons. The first-order valence-electron chi connectivity index (χ1n) is 9.90. The Hall–Kier alpha value is -4.39. The van der Waals surface area contributed by atoms with Crippen molar-refractivity contribution in [2.45, 2.75) is 6.92 Å². The fourth-order valence-corrected chi connectivity index (χ4v) is 3.96. The van der Waals surface area contributed by atoms with E-state index < -0.39 is 0 Å². The Bertz CT molecular complexity index is 1550. The molecule has 0 radical (unpaired) electrons. The molecule has 7 nitrogen and oxygen atoms in total. The van der Waals surface area contributed by atoms with Crippen LogP contribution in [0, 0.1) is 6.92 Å². The summed E-state index contributed by atoms with van der Waals surface area (Å²) in [6.07, 6.45) is 12.8. The number of hydrogen-bond donors (Lipinski definition) is 2. The van der Waals surface area contributed by atoms with Gasteiger partial charge >= 0.3 is 0 Å². The second kappa shape index (κ2) is 6.84. The molecule has 31 heavy (non-hydrogen) atoms. The molecule has 6 rings (SSSR count). The summed E-state index contributed by atoms with van der Waals surface area (Å²) >= 11 is 0. The van der Waals surface area contributed by atoms with Crippen molar-refractivity contribution in [2.24, 2.45) is 0 Å². The van der Waals surface area contributed by atoms with E-state index in [9.17, 15) is 0 Å². The van der Waals surface area contributed by atoms with Crippen LogP contribution in [0.3, 0.4) is 0 Å². The van der Waals surface area contributed by atoms with Crippen molar-refractivity contribution < 1.29 is 0 Å². The van der Waals surface area contributed by atoms with Gasteiger partial charge in [-0.1, -0.05) is 6.07 Å². The number of nitrogens with one attached hydrogen (secondary N) is 2. The van der Waals surface area contributed by atoms with Crippen LogP contribution in [0.15, 0.2) is 73.7 Å². The molecule has 0 saturated heterocycles. The second-order valence-electron chi connectivity index (χ2n) is 7.46. The maximum absolute atomic E-state index is 4.56. The molecule has 0 fully saturated rings. The lowest BCUT2D eigenvalue weighted by atomic mass is 10.0. The minimum Gasteiger partial charge on any atom is -0.352 e. The van der Waals surface area contributed by atoms with Crippen LogP contribution in [-0.4, -0.2) is 35.1 Å². The molecule has 0 atom stereocenters. The lowest BCUT2D eigenvalue weighted by molar-refractivity contribution is 1.10. The summed E-state index contributed by atoms with van der Waals surface area (Å²) in [5.74, 6) is 0. The van der Waals surface area contributed by atoms with Crippen LogP contribution < -0.4 is 0 Å². The highest BCUT2D eigenvalue weighted by Gasteiger charge is 2.15. The zero-order chi connectivity index (χ0) is 20.8. The Morgan fingerprint density at radius 3 is 2.55 bits per heavy atom. The number of rotatable bonds is 3. The van der Waals surface area contributed by atoms with E-state index in [0.717, 1.165) is 55.5 Å². The Morgan fingerprint density at radius 1 is 0.774 bits per heavy atom. The Balaban J connectivity index is 1.52. The highest BCUT2D eigenvalue weighted by molar-refractivity contribution is 6.00. The smallest absolute Gasteiger partial charge is 0.181 e. The van der Waals surface area contributed by atoms with Gasteiger partial charge in [-0.25, -0.2) is 4.98 Å². The molecule has 0 bridgehead atoms. The highest BCUT2D eigenvalue weighted by atomic mass is 15.2. The van der Waals surface area contributed by atoms with E-state index in [-0.39, 0.29) is 0 Å². The van der Waals surface area contributed by atoms with E-state index in [0.29, 0.717) is 5.65 Å². The first kappa shape index (κ1) is 17.5. The number of aryl methyl sites for hydroxylation is 1. The zero-order valence-corrected chi connectivity index (χ0v) is 16.7. The maximum atomic E-state index is 4.56. The average molecular weight is 403 g/mol. The molecule has 6 heterocycles. The van der Waals surface area contributed by atoms with Crippen LogP contribution in [0.1, 0.15) is 5.56 Å². The standard InChI is InChI=1S/C24H17N7/c1-14-4-6-26-11-19(14)16-7-18-23(30-31-24(18)28-10-16)21-8-17-20(12-27-13-22(17)29-21)15-3-2-5-25-9-15/h2-13,29H,1H3,(H,28,30,31). The summed E-state index contributed by atoms with van der Waals surface area (Å²) in [5.41, 5.74) is 8.71.